The molecule has 1 aromatic rings. The molecule has 0 spiro atoms. The van der Waals surface area contributed by atoms with E-state index in [1.165, 1.54) is 0 Å². The lowest BCUT2D eigenvalue weighted by molar-refractivity contribution is -0.132. The van der Waals surface area contributed by atoms with E-state index >= 15 is 0 Å². The molecule has 2 rings (SSSR count). The van der Waals surface area contributed by atoms with Gasteiger partial charge in [-0.05, 0) is 37.2 Å². The molecule has 1 aliphatic rings. The maximum Gasteiger partial charge on any atom is 0.253 e. The van der Waals surface area contributed by atoms with Gasteiger partial charge in [0.2, 0.25) is 5.91 Å². The van der Waals surface area contributed by atoms with E-state index in [0.29, 0.717) is 56.2 Å². The number of nitrogens with zero attached hydrogens (tertiary/aromatic N) is 2. The van der Waals surface area contributed by atoms with Gasteiger partial charge in [-0.3, -0.25) is 9.59 Å². The molecule has 7 heteroatoms. The summed E-state index contributed by atoms with van der Waals surface area (Å²) in [6, 6.07) is 6.87. The van der Waals surface area contributed by atoms with Crippen LogP contribution in [0.5, 0.6) is 0 Å². The highest BCUT2D eigenvalue weighted by Crippen LogP contribution is 2.13. The Balaban J connectivity index is 0.00000242. The smallest absolute Gasteiger partial charge is 0.253 e. The van der Waals surface area contributed by atoms with Gasteiger partial charge in [-0.15, -0.1) is 12.4 Å². The second-order valence-electron chi connectivity index (χ2n) is 5.07. The van der Waals surface area contributed by atoms with Crippen LogP contribution in [0.1, 0.15) is 23.2 Å². The Morgan fingerprint density at radius 3 is 2.14 bits per heavy atom. The zero-order chi connectivity index (χ0) is 15.2. The van der Waals surface area contributed by atoms with Crippen molar-refractivity contribution in [2.75, 3.05) is 32.7 Å². The zero-order valence-corrected chi connectivity index (χ0v) is 13.9. The third-order valence-corrected chi connectivity index (χ3v) is 3.86. The summed E-state index contributed by atoms with van der Waals surface area (Å²) in [6.45, 7) is 2.83. The highest BCUT2D eigenvalue weighted by atomic mass is 35.5. The van der Waals surface area contributed by atoms with E-state index in [1.807, 2.05) is 0 Å². The predicted molar refractivity (Wildman–Crippen MR) is 89.5 cm³/mol. The summed E-state index contributed by atoms with van der Waals surface area (Å²) in [4.78, 5) is 27.8. The monoisotopic (exact) mass is 345 g/mol. The lowest BCUT2D eigenvalue weighted by Crippen LogP contribution is -2.50. The Bertz CT molecular complexity index is 500. The van der Waals surface area contributed by atoms with Gasteiger partial charge >= 0.3 is 0 Å². The number of carbonyl (C=O) groups is 2. The molecule has 122 valence electrons. The van der Waals surface area contributed by atoms with E-state index in [9.17, 15) is 9.59 Å². The molecule has 0 atom stereocenters. The van der Waals surface area contributed by atoms with E-state index in [0.717, 1.165) is 0 Å². The van der Waals surface area contributed by atoms with Crippen LogP contribution in [0.25, 0.3) is 0 Å². The molecule has 0 aliphatic carbocycles. The number of halogens is 2. The Labute approximate surface area is 141 Å². The predicted octanol–water partition coefficient (Wildman–Crippen LogP) is 1.79. The van der Waals surface area contributed by atoms with E-state index in [1.54, 1.807) is 34.1 Å². The Morgan fingerprint density at radius 2 is 1.59 bits per heavy atom. The molecule has 1 heterocycles. The van der Waals surface area contributed by atoms with Crippen molar-refractivity contribution in [3.8, 4) is 0 Å². The van der Waals surface area contributed by atoms with Crippen LogP contribution in [-0.4, -0.2) is 54.3 Å². The number of hydrogen-bond donors (Lipinski definition) is 1. The van der Waals surface area contributed by atoms with Crippen molar-refractivity contribution in [1.82, 2.24) is 9.80 Å². The first kappa shape index (κ1) is 18.7. The molecule has 22 heavy (non-hydrogen) atoms. The maximum absolute atomic E-state index is 12.3. The second-order valence-corrected chi connectivity index (χ2v) is 5.51. The van der Waals surface area contributed by atoms with Gasteiger partial charge in [0.05, 0.1) is 0 Å². The quantitative estimate of drug-likeness (QED) is 0.904. The van der Waals surface area contributed by atoms with Gasteiger partial charge in [-0.2, -0.15) is 0 Å². The summed E-state index contributed by atoms with van der Waals surface area (Å²) >= 11 is 5.82. The molecule has 1 fully saturated rings. The number of amides is 2. The molecule has 1 saturated heterocycles. The van der Waals surface area contributed by atoms with E-state index in [2.05, 4.69) is 0 Å². The van der Waals surface area contributed by atoms with Crippen LogP contribution in [0.4, 0.5) is 0 Å². The number of benzene rings is 1. The summed E-state index contributed by atoms with van der Waals surface area (Å²) in [5.74, 6) is 0.111. The molecule has 0 aromatic heterocycles. The van der Waals surface area contributed by atoms with Crippen molar-refractivity contribution in [3.05, 3.63) is 34.9 Å². The molecule has 2 amide bonds. The summed E-state index contributed by atoms with van der Waals surface area (Å²) in [7, 11) is 0. The van der Waals surface area contributed by atoms with Gasteiger partial charge in [0.1, 0.15) is 0 Å². The van der Waals surface area contributed by atoms with Gasteiger partial charge in [-0.1, -0.05) is 11.6 Å². The van der Waals surface area contributed by atoms with Crippen LogP contribution in [0.15, 0.2) is 24.3 Å². The van der Waals surface area contributed by atoms with E-state index in [4.69, 9.17) is 17.3 Å². The topological polar surface area (TPSA) is 66.6 Å². The van der Waals surface area contributed by atoms with Crippen LogP contribution in [0, 0.1) is 0 Å². The van der Waals surface area contributed by atoms with Crippen LogP contribution >= 0.6 is 24.0 Å². The molecule has 0 radical (unpaired) electrons. The van der Waals surface area contributed by atoms with Gasteiger partial charge in [-0.25, -0.2) is 0 Å². The summed E-state index contributed by atoms with van der Waals surface area (Å²) < 4.78 is 0. The van der Waals surface area contributed by atoms with Gasteiger partial charge in [0.25, 0.3) is 5.91 Å². The fourth-order valence-electron chi connectivity index (χ4n) is 2.35. The minimum absolute atomic E-state index is 0. The van der Waals surface area contributed by atoms with Crippen molar-refractivity contribution in [2.24, 2.45) is 5.73 Å². The average molecular weight is 346 g/mol. The summed E-state index contributed by atoms with van der Waals surface area (Å²) in [5.41, 5.74) is 6.04. The first-order valence-electron chi connectivity index (χ1n) is 7.14. The number of rotatable bonds is 4. The third-order valence-electron chi connectivity index (χ3n) is 3.61. The molecular weight excluding hydrogens is 325 g/mol. The lowest BCUT2D eigenvalue weighted by atomic mass is 10.1. The standard InChI is InChI=1S/C15H20ClN3O2.ClH/c16-13-5-3-12(4-6-13)15(21)19-10-8-18(9-11-19)14(20)2-1-7-17;/h3-6H,1-2,7-11,17H2;1H. The van der Waals surface area contributed by atoms with Crippen molar-refractivity contribution in [3.63, 3.8) is 0 Å². The molecule has 0 bridgehead atoms. The first-order chi connectivity index (χ1) is 10.1. The maximum atomic E-state index is 12.3. The molecule has 2 N–H and O–H groups in total. The molecular formula is C15H21Cl2N3O2. The average Bonchev–Trinajstić information content (AvgIpc) is 2.53. The first-order valence-corrected chi connectivity index (χ1v) is 7.52. The fourth-order valence-corrected chi connectivity index (χ4v) is 2.47. The highest BCUT2D eigenvalue weighted by molar-refractivity contribution is 6.30. The molecule has 0 saturated carbocycles. The summed E-state index contributed by atoms with van der Waals surface area (Å²) in [5, 5.41) is 0.613. The fraction of sp³-hybridized carbons (Fsp3) is 0.467. The number of nitrogens with two attached hydrogens (primary N) is 1. The van der Waals surface area contributed by atoms with Crippen LogP contribution in [-0.2, 0) is 4.79 Å². The molecule has 5 nitrogen and oxygen atoms in total. The van der Waals surface area contributed by atoms with Crippen molar-refractivity contribution >= 4 is 35.8 Å². The Morgan fingerprint density at radius 1 is 1.05 bits per heavy atom. The lowest BCUT2D eigenvalue weighted by Gasteiger charge is -2.35. The minimum atomic E-state index is -0.0132. The molecule has 1 aliphatic heterocycles. The largest absolute Gasteiger partial charge is 0.339 e. The minimum Gasteiger partial charge on any atom is -0.339 e. The van der Waals surface area contributed by atoms with Crippen molar-refractivity contribution in [2.45, 2.75) is 12.8 Å². The molecule has 1 aromatic carbocycles. The molecule has 0 unspecified atom stereocenters. The normalized spacial score (nSPS) is 14.5. The van der Waals surface area contributed by atoms with Crippen LogP contribution in [0.2, 0.25) is 5.02 Å². The van der Waals surface area contributed by atoms with Gasteiger partial charge in [0.15, 0.2) is 0 Å². The van der Waals surface area contributed by atoms with Crippen LogP contribution in [0.3, 0.4) is 0 Å². The Kier molecular flexibility index (Phi) is 7.65. The zero-order valence-electron chi connectivity index (χ0n) is 12.3. The van der Waals surface area contributed by atoms with Crippen molar-refractivity contribution < 1.29 is 9.59 Å². The van der Waals surface area contributed by atoms with Gasteiger partial charge in [0, 0.05) is 43.2 Å². The highest BCUT2D eigenvalue weighted by Gasteiger charge is 2.24. The SMILES string of the molecule is Cl.NCCCC(=O)N1CCN(C(=O)c2ccc(Cl)cc2)CC1. The third kappa shape index (κ3) is 4.87. The van der Waals surface area contributed by atoms with Crippen LogP contribution < -0.4 is 5.73 Å². The number of hydrogen-bond acceptors (Lipinski definition) is 3. The van der Waals surface area contributed by atoms with Gasteiger partial charge < -0.3 is 15.5 Å². The number of carbonyl (C=O) groups excluding carboxylic acids is 2. The Hall–Kier alpha value is -1.30. The van der Waals surface area contributed by atoms with Crippen molar-refractivity contribution in [1.29, 1.82) is 0 Å². The number of piperazine rings is 1. The second kappa shape index (κ2) is 8.98. The van der Waals surface area contributed by atoms with E-state index < -0.39 is 0 Å². The van der Waals surface area contributed by atoms with E-state index in [-0.39, 0.29) is 24.2 Å². The summed E-state index contributed by atoms with van der Waals surface area (Å²) in [6.07, 6.45) is 1.20.